The van der Waals surface area contributed by atoms with E-state index in [4.69, 9.17) is 12.2 Å². The lowest BCUT2D eigenvalue weighted by Crippen LogP contribution is -2.48. The predicted molar refractivity (Wildman–Crippen MR) is 123 cm³/mol. The summed E-state index contributed by atoms with van der Waals surface area (Å²) < 4.78 is 4.65. The van der Waals surface area contributed by atoms with Crippen molar-refractivity contribution >= 4 is 46.7 Å². The average Bonchev–Trinajstić information content (AvgIpc) is 2.77. The lowest BCUT2D eigenvalue weighted by Gasteiger charge is -2.11. The largest absolute Gasteiger partial charge is 0.463 e. The predicted octanol–water partition coefficient (Wildman–Crippen LogP) is 2.00. The van der Waals surface area contributed by atoms with Gasteiger partial charge in [0.2, 0.25) is 5.91 Å². The minimum atomic E-state index is -0.668. The van der Waals surface area contributed by atoms with Crippen molar-refractivity contribution in [3.63, 3.8) is 0 Å². The van der Waals surface area contributed by atoms with Crippen LogP contribution in [-0.4, -0.2) is 35.4 Å². The zero-order valence-electron chi connectivity index (χ0n) is 17.4. The molecule has 0 bridgehead atoms. The van der Waals surface area contributed by atoms with Crippen molar-refractivity contribution in [2.24, 2.45) is 0 Å². The smallest absolute Gasteiger partial charge is 0.330 e. The fourth-order valence-electron chi connectivity index (χ4n) is 2.44. The van der Waals surface area contributed by atoms with Gasteiger partial charge in [-0.25, -0.2) is 4.79 Å². The Morgan fingerprint density at radius 1 is 0.938 bits per heavy atom. The molecule has 0 fully saturated rings. The summed E-state index contributed by atoms with van der Waals surface area (Å²) in [5.41, 5.74) is 6.95. The number of ether oxygens (including phenoxy) is 1. The van der Waals surface area contributed by atoms with Gasteiger partial charge < -0.3 is 10.1 Å². The van der Waals surface area contributed by atoms with Crippen LogP contribution in [-0.2, 0) is 14.3 Å². The highest BCUT2D eigenvalue weighted by atomic mass is 32.1. The number of anilines is 1. The fourth-order valence-corrected chi connectivity index (χ4v) is 2.59. The van der Waals surface area contributed by atoms with Crippen molar-refractivity contribution in [2.45, 2.75) is 13.8 Å². The molecule has 9 nitrogen and oxygen atoms in total. The van der Waals surface area contributed by atoms with Gasteiger partial charge in [-0.2, -0.15) is 0 Å². The molecule has 0 saturated heterocycles. The van der Waals surface area contributed by atoms with E-state index in [9.17, 15) is 19.2 Å². The number of thiocarbonyl (C=S) groups is 1. The Balaban J connectivity index is 1.83. The number of rotatable bonds is 6. The number of nitrogens with one attached hydrogen (secondary N) is 4. The molecule has 2 aromatic rings. The van der Waals surface area contributed by atoms with Gasteiger partial charge in [-0.05, 0) is 62.0 Å². The average molecular weight is 455 g/mol. The first-order chi connectivity index (χ1) is 15.3. The van der Waals surface area contributed by atoms with Gasteiger partial charge in [-0.3, -0.25) is 30.6 Å². The van der Waals surface area contributed by atoms with E-state index in [2.05, 4.69) is 26.2 Å². The molecule has 0 heterocycles. The lowest BCUT2D eigenvalue weighted by atomic mass is 10.1. The summed E-state index contributed by atoms with van der Waals surface area (Å²) in [6, 6.07) is 13.4. The van der Waals surface area contributed by atoms with E-state index < -0.39 is 17.8 Å². The molecule has 0 aliphatic heterocycles. The number of carbonyl (C=O) groups excluding carboxylic acids is 4. The highest BCUT2D eigenvalue weighted by molar-refractivity contribution is 7.80. The van der Waals surface area contributed by atoms with Crippen molar-refractivity contribution in [3.05, 3.63) is 77.4 Å². The van der Waals surface area contributed by atoms with E-state index in [0.717, 1.165) is 17.7 Å². The van der Waals surface area contributed by atoms with Crippen LogP contribution in [0.15, 0.2) is 60.7 Å². The van der Waals surface area contributed by atoms with Crippen LogP contribution in [0.2, 0.25) is 0 Å². The Kier molecular flexibility index (Phi) is 9.05. The maximum atomic E-state index is 12.4. The first-order valence-corrected chi connectivity index (χ1v) is 9.94. The van der Waals surface area contributed by atoms with E-state index in [1.165, 1.54) is 12.1 Å². The van der Waals surface area contributed by atoms with Crippen molar-refractivity contribution in [1.29, 1.82) is 0 Å². The summed E-state index contributed by atoms with van der Waals surface area (Å²) in [6.07, 6.45) is 1.91. The van der Waals surface area contributed by atoms with Crippen LogP contribution in [0, 0.1) is 6.92 Å². The van der Waals surface area contributed by atoms with Crippen LogP contribution in [0.4, 0.5) is 5.69 Å². The molecule has 3 amide bonds. The third-order valence-corrected chi connectivity index (χ3v) is 4.18. The zero-order valence-corrected chi connectivity index (χ0v) is 18.2. The fraction of sp³-hybridized carbons (Fsp3) is 0.136. The van der Waals surface area contributed by atoms with Gasteiger partial charge in [0.25, 0.3) is 11.8 Å². The van der Waals surface area contributed by atoms with Crippen LogP contribution in [0.25, 0.3) is 0 Å². The van der Waals surface area contributed by atoms with E-state index in [1.54, 1.807) is 31.2 Å². The molecule has 10 heteroatoms. The molecule has 166 valence electrons. The van der Waals surface area contributed by atoms with Gasteiger partial charge in [0.15, 0.2) is 5.11 Å². The van der Waals surface area contributed by atoms with Crippen molar-refractivity contribution < 1.29 is 23.9 Å². The second-order valence-corrected chi connectivity index (χ2v) is 6.74. The van der Waals surface area contributed by atoms with Gasteiger partial charge in [0.05, 0.1) is 6.61 Å². The minimum absolute atomic E-state index is 0.168. The van der Waals surface area contributed by atoms with Crippen LogP contribution >= 0.6 is 12.2 Å². The van der Waals surface area contributed by atoms with Crippen LogP contribution in [0.1, 0.15) is 33.2 Å². The van der Waals surface area contributed by atoms with Crippen molar-refractivity contribution in [2.75, 3.05) is 11.9 Å². The second-order valence-electron chi connectivity index (χ2n) is 6.33. The molecule has 32 heavy (non-hydrogen) atoms. The highest BCUT2D eigenvalue weighted by Gasteiger charge is 2.10. The number of esters is 1. The monoisotopic (exact) mass is 454 g/mol. The molecule has 0 aliphatic carbocycles. The van der Waals surface area contributed by atoms with Crippen molar-refractivity contribution in [3.8, 4) is 0 Å². The third-order valence-electron chi connectivity index (χ3n) is 3.98. The molecule has 0 aliphatic rings. The Hall–Kier alpha value is -4.05. The first-order valence-electron chi connectivity index (χ1n) is 9.53. The Morgan fingerprint density at radius 3 is 2.28 bits per heavy atom. The number of hydrogen-bond donors (Lipinski definition) is 4. The van der Waals surface area contributed by atoms with E-state index in [0.29, 0.717) is 16.8 Å². The molecule has 2 aromatic carbocycles. The van der Waals surface area contributed by atoms with E-state index >= 15 is 0 Å². The molecule has 4 N–H and O–H groups in total. The Morgan fingerprint density at radius 2 is 1.62 bits per heavy atom. The molecule has 0 atom stereocenters. The van der Waals surface area contributed by atoms with Gasteiger partial charge in [-0.1, -0.05) is 18.2 Å². The van der Waals surface area contributed by atoms with Gasteiger partial charge in [-0.15, -0.1) is 0 Å². The number of hydrazine groups is 1. The van der Waals surface area contributed by atoms with Gasteiger partial charge >= 0.3 is 5.97 Å². The summed E-state index contributed by atoms with van der Waals surface area (Å²) in [5, 5.41) is 4.86. The number of amides is 3. The van der Waals surface area contributed by atoms with Crippen molar-refractivity contribution in [1.82, 2.24) is 16.2 Å². The Labute approximate surface area is 190 Å². The normalized spacial score (nSPS) is 10.2. The number of carbonyl (C=O) groups is 4. The topological polar surface area (TPSA) is 126 Å². The highest BCUT2D eigenvalue weighted by Crippen LogP contribution is 2.13. The Bertz CT molecular complexity index is 1050. The summed E-state index contributed by atoms with van der Waals surface area (Å²) in [5.74, 6) is -2.09. The third kappa shape index (κ3) is 7.65. The van der Waals surface area contributed by atoms with E-state index in [-0.39, 0.29) is 17.6 Å². The lowest BCUT2D eigenvalue weighted by molar-refractivity contribution is -0.137. The summed E-state index contributed by atoms with van der Waals surface area (Å²) in [6.45, 7) is 3.68. The number of hydrogen-bond acceptors (Lipinski definition) is 6. The first kappa shape index (κ1) is 24.2. The van der Waals surface area contributed by atoms with Crippen LogP contribution in [0.3, 0.4) is 0 Å². The molecule has 2 rings (SSSR count). The molecular weight excluding hydrogens is 432 g/mol. The molecule has 0 spiro atoms. The maximum Gasteiger partial charge on any atom is 0.330 e. The van der Waals surface area contributed by atoms with Gasteiger partial charge in [0, 0.05) is 29.0 Å². The molecular formula is C22H22N4O5S. The summed E-state index contributed by atoms with van der Waals surface area (Å²) >= 11 is 4.90. The molecule has 0 aromatic heterocycles. The standard InChI is InChI=1S/C22H22N4O5S/c1-3-31-19(28)13-12-18(27)24-22(32)26-25-20(29)15-8-10-16(11-9-15)23-21(30)17-7-5-4-6-14(17)2/h4-13H,3H2,1-2H3,(H,23,30)(H,25,29)(H2,24,26,27,32). The minimum Gasteiger partial charge on any atom is -0.463 e. The summed E-state index contributed by atoms with van der Waals surface area (Å²) in [7, 11) is 0. The SMILES string of the molecule is CCOC(=O)C=CC(=O)NC(=S)NNC(=O)c1ccc(NC(=O)c2ccccc2C)cc1. The quantitative estimate of drug-likeness (QED) is 0.228. The second kappa shape index (κ2) is 12.0. The van der Waals surface area contributed by atoms with Gasteiger partial charge in [0.1, 0.15) is 0 Å². The number of benzene rings is 2. The molecule has 0 radical (unpaired) electrons. The van der Waals surface area contributed by atoms with Crippen LogP contribution in [0.5, 0.6) is 0 Å². The molecule has 0 unspecified atom stereocenters. The summed E-state index contributed by atoms with van der Waals surface area (Å²) in [4.78, 5) is 47.4. The van der Waals surface area contributed by atoms with Crippen LogP contribution < -0.4 is 21.5 Å². The zero-order chi connectivity index (χ0) is 23.5. The number of aryl methyl sites for hydroxylation is 1. The maximum absolute atomic E-state index is 12.4. The molecule has 0 saturated carbocycles. The van der Waals surface area contributed by atoms with E-state index in [1.807, 2.05) is 19.1 Å².